The van der Waals surface area contributed by atoms with Crippen molar-refractivity contribution in [2.24, 2.45) is 0 Å². The van der Waals surface area contributed by atoms with Gasteiger partial charge in [0.25, 0.3) is 11.2 Å². The van der Waals surface area contributed by atoms with Crippen LogP contribution in [0.2, 0.25) is 0 Å². The van der Waals surface area contributed by atoms with Crippen molar-refractivity contribution in [2.45, 2.75) is 32.4 Å². The van der Waals surface area contributed by atoms with Gasteiger partial charge in [-0.2, -0.15) is 0 Å². The molecule has 1 aliphatic carbocycles. The van der Waals surface area contributed by atoms with Gasteiger partial charge in [0.05, 0.1) is 16.9 Å². The first-order chi connectivity index (χ1) is 14.9. The molecule has 1 aliphatic rings. The highest BCUT2D eigenvalue weighted by molar-refractivity contribution is 5.72. The SMILES string of the molecule is Cc1ccc(-n2c(=O)n(C3CC3)c(=O)c3c2ncn3Cc2ccc([N+](=O)[O-])cc2)cc1. The van der Waals surface area contributed by atoms with Gasteiger partial charge in [-0.1, -0.05) is 29.8 Å². The fourth-order valence-electron chi connectivity index (χ4n) is 3.77. The molecule has 0 amide bonds. The Labute approximate surface area is 176 Å². The molecule has 0 unspecified atom stereocenters. The van der Waals surface area contributed by atoms with E-state index in [1.165, 1.54) is 27.6 Å². The molecule has 2 aromatic heterocycles. The maximum absolute atomic E-state index is 13.3. The van der Waals surface area contributed by atoms with Crippen LogP contribution in [0.1, 0.15) is 30.0 Å². The molecule has 0 saturated heterocycles. The minimum absolute atomic E-state index is 0.00328. The first-order valence-corrected chi connectivity index (χ1v) is 9.97. The van der Waals surface area contributed by atoms with Gasteiger partial charge in [0.2, 0.25) is 0 Å². The summed E-state index contributed by atoms with van der Waals surface area (Å²) in [6.07, 6.45) is 3.13. The average molecular weight is 417 g/mol. The molecule has 9 nitrogen and oxygen atoms in total. The molecule has 0 bridgehead atoms. The number of aryl methyl sites for hydroxylation is 1. The van der Waals surface area contributed by atoms with Crippen LogP contribution in [0.15, 0.2) is 64.4 Å². The van der Waals surface area contributed by atoms with Gasteiger partial charge in [-0.15, -0.1) is 0 Å². The summed E-state index contributed by atoms with van der Waals surface area (Å²) < 4.78 is 4.51. The van der Waals surface area contributed by atoms with E-state index in [9.17, 15) is 19.7 Å². The number of nitro groups is 1. The zero-order valence-corrected chi connectivity index (χ0v) is 16.8. The highest BCUT2D eigenvalue weighted by Gasteiger charge is 2.30. The van der Waals surface area contributed by atoms with Crippen LogP contribution in [-0.2, 0) is 6.54 Å². The van der Waals surface area contributed by atoms with Crippen LogP contribution >= 0.6 is 0 Å². The number of hydrogen-bond acceptors (Lipinski definition) is 5. The lowest BCUT2D eigenvalue weighted by Gasteiger charge is -2.12. The van der Waals surface area contributed by atoms with Gasteiger partial charge in [0.1, 0.15) is 0 Å². The number of non-ortho nitro benzene ring substituents is 1. The maximum atomic E-state index is 13.3. The Bertz CT molecular complexity index is 1420. The fraction of sp³-hybridized carbons (Fsp3) is 0.227. The minimum Gasteiger partial charge on any atom is -0.320 e. The third-order valence-corrected chi connectivity index (χ3v) is 5.55. The summed E-state index contributed by atoms with van der Waals surface area (Å²) in [5.74, 6) is 0. The van der Waals surface area contributed by atoms with Gasteiger partial charge in [0.15, 0.2) is 11.2 Å². The van der Waals surface area contributed by atoms with Gasteiger partial charge < -0.3 is 4.57 Å². The Hall–Kier alpha value is -4.01. The Morgan fingerprint density at radius 3 is 2.35 bits per heavy atom. The second-order valence-electron chi connectivity index (χ2n) is 7.83. The normalized spacial score (nSPS) is 13.6. The van der Waals surface area contributed by atoms with Gasteiger partial charge in [0, 0.05) is 24.7 Å². The molecule has 5 rings (SSSR count). The van der Waals surface area contributed by atoms with E-state index in [0.29, 0.717) is 23.4 Å². The van der Waals surface area contributed by atoms with E-state index in [-0.39, 0.29) is 23.0 Å². The van der Waals surface area contributed by atoms with Crippen molar-refractivity contribution in [1.29, 1.82) is 0 Å². The number of hydrogen-bond donors (Lipinski definition) is 0. The molecular weight excluding hydrogens is 398 g/mol. The molecule has 0 radical (unpaired) electrons. The second kappa shape index (κ2) is 7.05. The maximum Gasteiger partial charge on any atom is 0.337 e. The predicted octanol–water partition coefficient (Wildman–Crippen LogP) is 2.95. The zero-order valence-electron chi connectivity index (χ0n) is 16.8. The number of rotatable bonds is 5. The third kappa shape index (κ3) is 3.24. The van der Waals surface area contributed by atoms with E-state index in [2.05, 4.69) is 4.98 Å². The molecule has 0 spiro atoms. The van der Waals surface area contributed by atoms with Crippen LogP contribution in [0.4, 0.5) is 5.69 Å². The highest BCUT2D eigenvalue weighted by Crippen LogP contribution is 2.32. The van der Waals surface area contributed by atoms with Crippen molar-refractivity contribution in [1.82, 2.24) is 18.7 Å². The molecule has 4 aromatic rings. The van der Waals surface area contributed by atoms with Crippen LogP contribution in [0.5, 0.6) is 0 Å². The van der Waals surface area contributed by atoms with Gasteiger partial charge in [-0.05, 0) is 37.5 Å². The van der Waals surface area contributed by atoms with Crippen molar-refractivity contribution in [3.63, 3.8) is 0 Å². The summed E-state index contributed by atoms with van der Waals surface area (Å²) in [6.45, 7) is 2.27. The van der Waals surface area contributed by atoms with E-state index in [1.54, 1.807) is 16.7 Å². The topological polar surface area (TPSA) is 105 Å². The molecule has 2 heterocycles. The van der Waals surface area contributed by atoms with Crippen LogP contribution in [0.25, 0.3) is 16.9 Å². The van der Waals surface area contributed by atoms with E-state index >= 15 is 0 Å². The summed E-state index contributed by atoms with van der Waals surface area (Å²) >= 11 is 0. The molecule has 0 N–H and O–H groups in total. The first-order valence-electron chi connectivity index (χ1n) is 9.97. The molecular formula is C22H19N5O4. The Morgan fingerprint density at radius 2 is 1.74 bits per heavy atom. The zero-order chi connectivity index (χ0) is 21.7. The highest BCUT2D eigenvalue weighted by atomic mass is 16.6. The summed E-state index contributed by atoms with van der Waals surface area (Å²) in [7, 11) is 0. The lowest BCUT2D eigenvalue weighted by molar-refractivity contribution is -0.384. The van der Waals surface area contributed by atoms with Crippen molar-refractivity contribution < 1.29 is 4.92 Å². The van der Waals surface area contributed by atoms with Gasteiger partial charge in [-0.25, -0.2) is 14.3 Å². The minimum atomic E-state index is -0.453. The Morgan fingerprint density at radius 1 is 1.06 bits per heavy atom. The molecule has 2 aromatic carbocycles. The number of nitro benzene ring substituents is 1. The molecule has 156 valence electrons. The number of nitrogens with zero attached hydrogens (tertiary/aromatic N) is 5. The van der Waals surface area contributed by atoms with E-state index in [0.717, 1.165) is 24.0 Å². The summed E-state index contributed by atoms with van der Waals surface area (Å²) in [5.41, 5.74) is 2.40. The summed E-state index contributed by atoms with van der Waals surface area (Å²) in [5, 5.41) is 10.9. The van der Waals surface area contributed by atoms with Gasteiger partial charge in [-0.3, -0.25) is 19.5 Å². The summed E-state index contributed by atoms with van der Waals surface area (Å²) in [6, 6.07) is 13.6. The monoisotopic (exact) mass is 417 g/mol. The second-order valence-corrected chi connectivity index (χ2v) is 7.83. The largest absolute Gasteiger partial charge is 0.337 e. The van der Waals surface area contributed by atoms with Gasteiger partial charge >= 0.3 is 5.69 Å². The molecule has 0 atom stereocenters. The quantitative estimate of drug-likeness (QED) is 0.367. The number of benzene rings is 2. The van der Waals surface area contributed by atoms with E-state index in [1.807, 2.05) is 31.2 Å². The van der Waals surface area contributed by atoms with Crippen molar-refractivity contribution in [2.75, 3.05) is 0 Å². The lowest BCUT2D eigenvalue weighted by atomic mass is 10.2. The standard InChI is InChI=1S/C22H19N5O4/c1-14-2-6-16(7-3-14)25-20-19(21(28)26(22(25)29)17-10-11-17)24(13-23-20)12-15-4-8-18(9-5-15)27(30)31/h2-9,13,17H,10-12H2,1H3. The molecule has 1 saturated carbocycles. The lowest BCUT2D eigenvalue weighted by Crippen LogP contribution is -2.39. The van der Waals surface area contributed by atoms with E-state index < -0.39 is 4.92 Å². The Kier molecular flexibility index (Phi) is 4.32. The van der Waals surface area contributed by atoms with E-state index in [4.69, 9.17) is 0 Å². The van der Waals surface area contributed by atoms with Crippen LogP contribution < -0.4 is 11.2 Å². The third-order valence-electron chi connectivity index (χ3n) is 5.55. The summed E-state index contributed by atoms with van der Waals surface area (Å²) in [4.78, 5) is 41.4. The molecule has 9 heteroatoms. The molecule has 31 heavy (non-hydrogen) atoms. The average Bonchev–Trinajstić information content (AvgIpc) is 3.50. The van der Waals surface area contributed by atoms with Crippen molar-refractivity contribution >= 4 is 16.9 Å². The fourth-order valence-corrected chi connectivity index (χ4v) is 3.77. The van der Waals surface area contributed by atoms with Crippen LogP contribution in [0.3, 0.4) is 0 Å². The first kappa shape index (κ1) is 19.0. The number of fused-ring (bicyclic) bond motifs is 1. The number of aromatic nitrogens is 4. The molecule has 0 aliphatic heterocycles. The smallest absolute Gasteiger partial charge is 0.320 e. The predicted molar refractivity (Wildman–Crippen MR) is 115 cm³/mol. The van der Waals surface area contributed by atoms with Crippen LogP contribution in [0, 0.1) is 17.0 Å². The van der Waals surface area contributed by atoms with Crippen molar-refractivity contribution in [3.8, 4) is 5.69 Å². The molecule has 1 fully saturated rings. The van der Waals surface area contributed by atoms with Crippen molar-refractivity contribution in [3.05, 3.63) is 96.9 Å². The Balaban J connectivity index is 1.69. The number of imidazole rings is 1. The van der Waals surface area contributed by atoms with Crippen LogP contribution in [-0.4, -0.2) is 23.6 Å².